The molecule has 18 heavy (non-hydrogen) atoms. The number of aromatic amines is 1. The lowest BCUT2D eigenvalue weighted by Gasteiger charge is -2.21. The zero-order valence-electron chi connectivity index (χ0n) is 10.4. The number of ether oxygens (including phenoxy) is 1. The molecule has 0 radical (unpaired) electrons. The van der Waals surface area contributed by atoms with Crippen molar-refractivity contribution in [3.63, 3.8) is 0 Å². The van der Waals surface area contributed by atoms with Crippen LogP contribution in [-0.4, -0.2) is 34.6 Å². The highest BCUT2D eigenvalue weighted by Crippen LogP contribution is 2.17. The normalized spacial score (nSPS) is 17.1. The molecule has 1 fully saturated rings. The van der Waals surface area contributed by atoms with Crippen molar-refractivity contribution in [1.82, 2.24) is 20.3 Å². The molecule has 0 unspecified atom stereocenters. The van der Waals surface area contributed by atoms with E-state index in [0.29, 0.717) is 6.01 Å². The van der Waals surface area contributed by atoms with Crippen LogP contribution in [0, 0.1) is 5.92 Å². The highest BCUT2D eigenvalue weighted by molar-refractivity contribution is 5.70. The van der Waals surface area contributed by atoms with Gasteiger partial charge in [0.1, 0.15) is 0 Å². The van der Waals surface area contributed by atoms with Crippen LogP contribution >= 0.6 is 0 Å². The second-order valence-electron chi connectivity index (χ2n) is 4.75. The maximum Gasteiger partial charge on any atom is 0.296 e. The molecule has 3 rings (SSSR count). The number of rotatable bonds is 4. The molecule has 0 aromatic carbocycles. The van der Waals surface area contributed by atoms with E-state index in [1.54, 1.807) is 6.20 Å². The van der Waals surface area contributed by atoms with Crippen LogP contribution in [0.15, 0.2) is 18.3 Å². The molecule has 2 aromatic rings. The third-order valence-electron chi connectivity index (χ3n) is 3.46. The molecule has 3 heterocycles. The summed E-state index contributed by atoms with van der Waals surface area (Å²) in [5.41, 5.74) is 1.64. The van der Waals surface area contributed by atoms with Crippen molar-refractivity contribution in [2.75, 3.05) is 19.7 Å². The number of imidazole rings is 1. The lowest BCUT2D eigenvalue weighted by atomic mass is 9.95. The van der Waals surface area contributed by atoms with Crippen LogP contribution in [0.5, 0.6) is 6.01 Å². The predicted molar refractivity (Wildman–Crippen MR) is 69.6 cm³/mol. The summed E-state index contributed by atoms with van der Waals surface area (Å²) >= 11 is 0. The lowest BCUT2D eigenvalue weighted by Crippen LogP contribution is -2.28. The van der Waals surface area contributed by atoms with Crippen molar-refractivity contribution < 1.29 is 4.74 Å². The Balaban J connectivity index is 1.53. The quantitative estimate of drug-likeness (QED) is 0.862. The van der Waals surface area contributed by atoms with E-state index in [2.05, 4.69) is 20.3 Å². The first-order chi connectivity index (χ1) is 8.92. The maximum absolute atomic E-state index is 5.67. The van der Waals surface area contributed by atoms with Gasteiger partial charge in [0, 0.05) is 6.20 Å². The smallest absolute Gasteiger partial charge is 0.296 e. The molecule has 1 aliphatic heterocycles. The Bertz CT molecular complexity index is 471. The summed E-state index contributed by atoms with van der Waals surface area (Å²) in [4.78, 5) is 11.6. The minimum atomic E-state index is 0.581. The molecule has 0 spiro atoms. The number of hydrogen-bond acceptors (Lipinski definition) is 4. The fraction of sp³-hybridized carbons (Fsp3) is 0.538. The molecule has 96 valence electrons. The second-order valence-corrected chi connectivity index (χ2v) is 4.75. The number of piperidine rings is 1. The molecule has 5 nitrogen and oxygen atoms in total. The van der Waals surface area contributed by atoms with Crippen LogP contribution in [0.4, 0.5) is 0 Å². The van der Waals surface area contributed by atoms with Gasteiger partial charge in [-0.15, -0.1) is 0 Å². The standard InChI is InChI=1S/C13H18N4O/c1-2-11-12(15-6-1)17-13(16-11)18-9-5-10-3-7-14-8-4-10/h1-2,6,10,14H,3-5,7-9H2,(H,15,16,17). The van der Waals surface area contributed by atoms with E-state index in [1.807, 2.05) is 12.1 Å². The van der Waals surface area contributed by atoms with Gasteiger partial charge in [-0.25, -0.2) is 4.98 Å². The van der Waals surface area contributed by atoms with Crippen molar-refractivity contribution in [2.45, 2.75) is 19.3 Å². The molecule has 2 aromatic heterocycles. The summed E-state index contributed by atoms with van der Waals surface area (Å²) in [6.07, 6.45) is 5.35. The van der Waals surface area contributed by atoms with E-state index in [-0.39, 0.29) is 0 Å². The first-order valence-electron chi connectivity index (χ1n) is 6.56. The number of H-pyrrole nitrogens is 1. The molecule has 0 atom stereocenters. The van der Waals surface area contributed by atoms with Gasteiger partial charge >= 0.3 is 0 Å². The van der Waals surface area contributed by atoms with Gasteiger partial charge < -0.3 is 15.0 Å². The molecule has 5 heteroatoms. The number of nitrogens with zero attached hydrogens (tertiary/aromatic N) is 2. The number of pyridine rings is 1. The van der Waals surface area contributed by atoms with Gasteiger partial charge in [-0.2, -0.15) is 4.98 Å². The monoisotopic (exact) mass is 246 g/mol. The van der Waals surface area contributed by atoms with Crippen molar-refractivity contribution in [2.24, 2.45) is 5.92 Å². The van der Waals surface area contributed by atoms with Gasteiger partial charge in [-0.05, 0) is 50.4 Å². The Labute approximate surface area is 106 Å². The summed E-state index contributed by atoms with van der Waals surface area (Å²) in [6.45, 7) is 3.00. The van der Waals surface area contributed by atoms with E-state index in [1.165, 1.54) is 12.8 Å². The summed E-state index contributed by atoms with van der Waals surface area (Å²) in [5.74, 6) is 0.786. The molecule has 1 aliphatic rings. The van der Waals surface area contributed by atoms with E-state index in [4.69, 9.17) is 4.74 Å². The van der Waals surface area contributed by atoms with Crippen LogP contribution in [0.3, 0.4) is 0 Å². The molecule has 2 N–H and O–H groups in total. The first kappa shape index (κ1) is 11.5. The molecule has 0 amide bonds. The highest BCUT2D eigenvalue weighted by Gasteiger charge is 2.13. The van der Waals surface area contributed by atoms with Crippen LogP contribution in [-0.2, 0) is 0 Å². The zero-order chi connectivity index (χ0) is 12.2. The fourth-order valence-corrected chi connectivity index (χ4v) is 2.38. The van der Waals surface area contributed by atoms with Gasteiger partial charge in [0.25, 0.3) is 6.01 Å². The van der Waals surface area contributed by atoms with E-state index < -0.39 is 0 Å². The third kappa shape index (κ3) is 2.61. The van der Waals surface area contributed by atoms with Crippen LogP contribution in [0.25, 0.3) is 11.2 Å². The summed E-state index contributed by atoms with van der Waals surface area (Å²) in [7, 11) is 0. The average Bonchev–Trinajstić information content (AvgIpc) is 2.82. The Kier molecular flexibility index (Phi) is 3.41. The minimum Gasteiger partial charge on any atom is -0.465 e. The van der Waals surface area contributed by atoms with Gasteiger partial charge in [0.05, 0.1) is 12.1 Å². The summed E-state index contributed by atoms with van der Waals surface area (Å²) in [6, 6.07) is 4.42. The van der Waals surface area contributed by atoms with Crippen LogP contribution < -0.4 is 10.1 Å². The van der Waals surface area contributed by atoms with Gasteiger partial charge in [-0.3, -0.25) is 0 Å². The summed E-state index contributed by atoms with van der Waals surface area (Å²) < 4.78 is 5.67. The third-order valence-corrected chi connectivity index (χ3v) is 3.46. The zero-order valence-corrected chi connectivity index (χ0v) is 10.4. The second kappa shape index (κ2) is 5.35. The van der Waals surface area contributed by atoms with Crippen molar-refractivity contribution in [1.29, 1.82) is 0 Å². The first-order valence-corrected chi connectivity index (χ1v) is 6.56. The maximum atomic E-state index is 5.67. The fourth-order valence-electron chi connectivity index (χ4n) is 2.38. The Morgan fingerprint density at radius 3 is 3.06 bits per heavy atom. The number of aromatic nitrogens is 3. The molecule has 0 bridgehead atoms. The highest BCUT2D eigenvalue weighted by atomic mass is 16.5. The minimum absolute atomic E-state index is 0.581. The van der Waals surface area contributed by atoms with E-state index >= 15 is 0 Å². The largest absolute Gasteiger partial charge is 0.465 e. The van der Waals surface area contributed by atoms with Crippen molar-refractivity contribution in [3.8, 4) is 6.01 Å². The van der Waals surface area contributed by atoms with Crippen molar-refractivity contribution in [3.05, 3.63) is 18.3 Å². The van der Waals surface area contributed by atoms with Gasteiger partial charge in [0.2, 0.25) is 0 Å². The van der Waals surface area contributed by atoms with Crippen LogP contribution in [0.2, 0.25) is 0 Å². The van der Waals surface area contributed by atoms with E-state index in [0.717, 1.165) is 43.2 Å². The topological polar surface area (TPSA) is 62.8 Å². The van der Waals surface area contributed by atoms with Crippen molar-refractivity contribution >= 4 is 11.2 Å². The van der Waals surface area contributed by atoms with Gasteiger partial charge in [-0.1, -0.05) is 0 Å². The average molecular weight is 246 g/mol. The summed E-state index contributed by atoms with van der Waals surface area (Å²) in [5, 5.41) is 3.37. The van der Waals surface area contributed by atoms with E-state index in [9.17, 15) is 0 Å². The lowest BCUT2D eigenvalue weighted by molar-refractivity contribution is 0.240. The predicted octanol–water partition coefficient (Wildman–Crippen LogP) is 1.73. The van der Waals surface area contributed by atoms with Crippen LogP contribution in [0.1, 0.15) is 19.3 Å². The number of nitrogens with one attached hydrogen (secondary N) is 2. The molecule has 1 saturated heterocycles. The SMILES string of the molecule is c1cnc2nc(OCCC3CCNCC3)[nH]c2c1. The Hall–Kier alpha value is -1.62. The molecular weight excluding hydrogens is 228 g/mol. The van der Waals surface area contributed by atoms with Gasteiger partial charge in [0.15, 0.2) is 5.65 Å². The Morgan fingerprint density at radius 2 is 2.22 bits per heavy atom. The molecular formula is C13H18N4O. The molecule has 0 saturated carbocycles. The Morgan fingerprint density at radius 1 is 1.33 bits per heavy atom. The molecule has 0 aliphatic carbocycles. The number of fused-ring (bicyclic) bond motifs is 1. The number of hydrogen-bond donors (Lipinski definition) is 2.